The molecule has 22 heavy (non-hydrogen) atoms. The smallest absolute Gasteiger partial charge is 0.314 e. The van der Waals surface area contributed by atoms with Crippen LogP contribution >= 0.6 is 15.9 Å². The van der Waals surface area contributed by atoms with Crippen LogP contribution in [0.5, 0.6) is 5.75 Å². The minimum Gasteiger partial charge on any atom is -0.508 e. The Morgan fingerprint density at radius 2 is 1.82 bits per heavy atom. The average Bonchev–Trinajstić information content (AvgIpc) is 2.48. The molecule has 0 heterocycles. The number of benzene rings is 2. The van der Waals surface area contributed by atoms with E-state index in [0.717, 1.165) is 16.5 Å². The van der Waals surface area contributed by atoms with Crippen LogP contribution < -0.4 is 10.6 Å². The van der Waals surface area contributed by atoms with Gasteiger partial charge in [-0.2, -0.15) is 0 Å². The Labute approximate surface area is 136 Å². The Bertz CT molecular complexity index is 716. The van der Waals surface area contributed by atoms with Crippen LogP contribution in [0.2, 0.25) is 0 Å². The Morgan fingerprint density at radius 3 is 2.50 bits per heavy atom. The van der Waals surface area contributed by atoms with E-state index in [0.29, 0.717) is 11.4 Å². The van der Waals surface area contributed by atoms with Crippen LogP contribution in [-0.4, -0.2) is 16.9 Å². The van der Waals surface area contributed by atoms with E-state index >= 15 is 0 Å². The van der Waals surface area contributed by atoms with Crippen LogP contribution in [-0.2, 0) is 16.0 Å². The van der Waals surface area contributed by atoms with Gasteiger partial charge >= 0.3 is 11.8 Å². The van der Waals surface area contributed by atoms with Crippen LogP contribution in [0.3, 0.4) is 0 Å². The van der Waals surface area contributed by atoms with E-state index < -0.39 is 11.8 Å². The lowest BCUT2D eigenvalue weighted by atomic mass is 10.1. The first-order valence-corrected chi connectivity index (χ1v) is 7.48. The molecule has 5 nitrogen and oxygen atoms in total. The molecule has 0 aliphatic rings. The fraction of sp³-hybridized carbons (Fsp3) is 0.125. The number of aromatic hydroxyl groups is 1. The number of rotatable bonds is 3. The van der Waals surface area contributed by atoms with Gasteiger partial charge in [0.25, 0.3) is 0 Å². The van der Waals surface area contributed by atoms with Gasteiger partial charge in [-0.1, -0.05) is 28.9 Å². The van der Waals surface area contributed by atoms with E-state index in [-0.39, 0.29) is 5.75 Å². The molecule has 3 N–H and O–H groups in total. The maximum Gasteiger partial charge on any atom is 0.314 e. The summed E-state index contributed by atoms with van der Waals surface area (Å²) < 4.78 is 0.909. The van der Waals surface area contributed by atoms with Crippen molar-refractivity contribution < 1.29 is 14.7 Å². The topological polar surface area (TPSA) is 78.4 Å². The summed E-state index contributed by atoms with van der Waals surface area (Å²) >= 11 is 3.37. The third kappa shape index (κ3) is 4.08. The van der Waals surface area contributed by atoms with E-state index in [9.17, 15) is 14.7 Å². The second-order valence-corrected chi connectivity index (χ2v) is 5.53. The van der Waals surface area contributed by atoms with Gasteiger partial charge in [0, 0.05) is 21.9 Å². The number of halogens is 1. The number of carbonyl (C=O) groups is 2. The van der Waals surface area contributed by atoms with Crippen LogP contribution in [0.4, 0.5) is 11.4 Å². The molecule has 0 bridgehead atoms. The molecule has 0 aliphatic heterocycles. The quantitative estimate of drug-likeness (QED) is 0.733. The van der Waals surface area contributed by atoms with Crippen molar-refractivity contribution >= 4 is 39.1 Å². The van der Waals surface area contributed by atoms with Crippen molar-refractivity contribution in [2.45, 2.75) is 13.3 Å². The summed E-state index contributed by atoms with van der Waals surface area (Å²) in [6, 6.07) is 11.4. The molecule has 2 aromatic carbocycles. The van der Waals surface area contributed by atoms with Gasteiger partial charge in [-0.3, -0.25) is 9.59 Å². The highest BCUT2D eigenvalue weighted by molar-refractivity contribution is 9.10. The van der Waals surface area contributed by atoms with E-state index in [1.807, 2.05) is 13.0 Å². The van der Waals surface area contributed by atoms with Gasteiger partial charge in [0.05, 0.1) is 0 Å². The summed E-state index contributed by atoms with van der Waals surface area (Å²) in [5.41, 5.74) is 1.88. The molecule has 114 valence electrons. The fourth-order valence-corrected chi connectivity index (χ4v) is 2.34. The number of nitrogens with one attached hydrogen (secondary N) is 2. The zero-order valence-electron chi connectivity index (χ0n) is 11.9. The molecule has 0 unspecified atom stereocenters. The lowest BCUT2D eigenvalue weighted by molar-refractivity contribution is -0.133. The van der Waals surface area contributed by atoms with Gasteiger partial charge in [0.15, 0.2) is 0 Å². The predicted octanol–water partition coefficient (Wildman–Crippen LogP) is 3.29. The number of hydrogen-bond acceptors (Lipinski definition) is 3. The molecule has 0 atom stereocenters. The van der Waals surface area contributed by atoms with E-state index in [2.05, 4.69) is 26.6 Å². The van der Waals surface area contributed by atoms with Gasteiger partial charge in [-0.05, 0) is 42.3 Å². The fourth-order valence-electron chi connectivity index (χ4n) is 1.93. The standard InChI is InChI=1S/C16H15BrN2O3/c1-2-10-8-11(17)6-7-14(10)19-16(22)15(21)18-12-4-3-5-13(20)9-12/h3-9,20H,2H2,1H3,(H,18,21)(H,19,22). The molecule has 0 aromatic heterocycles. The zero-order chi connectivity index (χ0) is 16.1. The van der Waals surface area contributed by atoms with Crippen LogP contribution in [0, 0.1) is 0 Å². The van der Waals surface area contributed by atoms with E-state index in [4.69, 9.17) is 0 Å². The van der Waals surface area contributed by atoms with Crippen molar-refractivity contribution in [3.05, 3.63) is 52.5 Å². The third-order valence-electron chi connectivity index (χ3n) is 3.01. The van der Waals surface area contributed by atoms with Gasteiger partial charge in [0.1, 0.15) is 5.75 Å². The van der Waals surface area contributed by atoms with Crippen molar-refractivity contribution in [2.24, 2.45) is 0 Å². The molecule has 0 saturated heterocycles. The summed E-state index contributed by atoms with van der Waals surface area (Å²) in [5, 5.41) is 14.4. The molecule has 6 heteroatoms. The Morgan fingerprint density at radius 1 is 1.09 bits per heavy atom. The summed E-state index contributed by atoms with van der Waals surface area (Å²) in [6.07, 6.45) is 0.725. The Hall–Kier alpha value is -2.34. The van der Waals surface area contributed by atoms with E-state index in [1.165, 1.54) is 12.1 Å². The molecule has 0 saturated carbocycles. The number of phenols is 1. The van der Waals surface area contributed by atoms with Crippen molar-refractivity contribution in [1.82, 2.24) is 0 Å². The molecule has 2 amide bonds. The van der Waals surface area contributed by atoms with Gasteiger partial charge in [0.2, 0.25) is 0 Å². The lowest BCUT2D eigenvalue weighted by Crippen LogP contribution is -2.29. The Balaban J connectivity index is 2.07. The van der Waals surface area contributed by atoms with Crippen molar-refractivity contribution in [1.29, 1.82) is 0 Å². The number of amides is 2. The highest BCUT2D eigenvalue weighted by atomic mass is 79.9. The van der Waals surface area contributed by atoms with E-state index in [1.54, 1.807) is 24.3 Å². The lowest BCUT2D eigenvalue weighted by Gasteiger charge is -2.10. The molecule has 0 aliphatic carbocycles. The largest absolute Gasteiger partial charge is 0.508 e. The van der Waals surface area contributed by atoms with Gasteiger partial charge < -0.3 is 15.7 Å². The maximum absolute atomic E-state index is 12.0. The highest BCUT2D eigenvalue weighted by Gasteiger charge is 2.15. The molecule has 0 fully saturated rings. The van der Waals surface area contributed by atoms with Crippen molar-refractivity contribution in [2.75, 3.05) is 10.6 Å². The molecule has 0 spiro atoms. The molecular weight excluding hydrogens is 348 g/mol. The summed E-state index contributed by atoms with van der Waals surface area (Å²) in [7, 11) is 0. The second kappa shape index (κ2) is 7.09. The van der Waals surface area contributed by atoms with Gasteiger partial charge in [-0.15, -0.1) is 0 Å². The SMILES string of the molecule is CCc1cc(Br)ccc1NC(=O)C(=O)Nc1cccc(O)c1. The van der Waals surface area contributed by atoms with Crippen LogP contribution in [0.15, 0.2) is 46.9 Å². The molecule has 2 aromatic rings. The number of aryl methyl sites for hydroxylation is 1. The van der Waals surface area contributed by atoms with Crippen molar-refractivity contribution in [3.8, 4) is 5.75 Å². The minimum atomic E-state index is -0.796. The van der Waals surface area contributed by atoms with Crippen molar-refractivity contribution in [3.63, 3.8) is 0 Å². The first-order valence-electron chi connectivity index (χ1n) is 6.69. The average molecular weight is 363 g/mol. The molecular formula is C16H15BrN2O3. The second-order valence-electron chi connectivity index (χ2n) is 4.61. The third-order valence-corrected chi connectivity index (χ3v) is 3.50. The first kappa shape index (κ1) is 16.0. The first-order chi connectivity index (χ1) is 10.5. The molecule has 0 radical (unpaired) electrons. The Kier molecular flexibility index (Phi) is 5.16. The minimum absolute atomic E-state index is 0.0133. The number of carbonyl (C=O) groups excluding carboxylic acids is 2. The maximum atomic E-state index is 12.0. The number of phenolic OH excluding ortho intramolecular Hbond substituents is 1. The summed E-state index contributed by atoms with van der Waals surface area (Å²) in [5.74, 6) is -1.55. The van der Waals surface area contributed by atoms with Crippen LogP contribution in [0.1, 0.15) is 12.5 Å². The number of anilines is 2. The summed E-state index contributed by atoms with van der Waals surface area (Å²) in [6.45, 7) is 1.96. The molecule has 2 rings (SSSR count). The number of hydrogen-bond donors (Lipinski definition) is 3. The van der Waals surface area contributed by atoms with Crippen LogP contribution in [0.25, 0.3) is 0 Å². The normalized spacial score (nSPS) is 10.1. The van der Waals surface area contributed by atoms with Gasteiger partial charge in [-0.25, -0.2) is 0 Å². The highest BCUT2D eigenvalue weighted by Crippen LogP contribution is 2.21. The monoisotopic (exact) mass is 362 g/mol. The summed E-state index contributed by atoms with van der Waals surface area (Å²) in [4.78, 5) is 23.8. The zero-order valence-corrected chi connectivity index (χ0v) is 13.5. The predicted molar refractivity (Wildman–Crippen MR) is 88.9 cm³/mol.